The van der Waals surface area contributed by atoms with Crippen LogP contribution in [0, 0.1) is 6.92 Å². The van der Waals surface area contributed by atoms with Crippen molar-refractivity contribution in [2.75, 3.05) is 22.9 Å². The highest BCUT2D eigenvalue weighted by Gasteiger charge is 2.18. The Morgan fingerprint density at radius 2 is 2.04 bits per heavy atom. The fourth-order valence-corrected chi connectivity index (χ4v) is 3.00. The van der Waals surface area contributed by atoms with Crippen LogP contribution in [0.5, 0.6) is 11.5 Å². The van der Waals surface area contributed by atoms with E-state index >= 15 is 0 Å². The van der Waals surface area contributed by atoms with Crippen LogP contribution >= 0.6 is 11.8 Å². The summed E-state index contributed by atoms with van der Waals surface area (Å²) < 4.78 is 10.6. The molecule has 9 heteroatoms. The molecule has 136 valence electrons. The summed E-state index contributed by atoms with van der Waals surface area (Å²) in [4.78, 5) is 12.2. The molecule has 0 saturated carbocycles. The van der Waals surface area contributed by atoms with E-state index in [0.29, 0.717) is 22.4 Å². The van der Waals surface area contributed by atoms with Crippen LogP contribution < -0.4 is 31.5 Å². The summed E-state index contributed by atoms with van der Waals surface area (Å²) in [6.07, 6.45) is 0. The molecular weight excluding hydrogens is 354 g/mol. The third kappa shape index (κ3) is 4.01. The molecule has 1 heterocycles. The molecule has 1 aliphatic rings. The molecule has 8 nitrogen and oxygen atoms in total. The topological polar surface area (TPSA) is 115 Å². The lowest BCUT2D eigenvalue weighted by Gasteiger charge is -2.19. The van der Waals surface area contributed by atoms with Gasteiger partial charge < -0.3 is 20.6 Å². The van der Waals surface area contributed by atoms with Gasteiger partial charge in [0, 0.05) is 11.8 Å². The Kier molecular flexibility index (Phi) is 5.49. The number of anilines is 2. The van der Waals surface area contributed by atoms with E-state index in [2.05, 4.69) is 10.4 Å². The molecule has 2 aromatic carbocycles. The van der Waals surface area contributed by atoms with E-state index in [9.17, 15) is 4.79 Å². The van der Waals surface area contributed by atoms with E-state index in [1.54, 1.807) is 18.2 Å². The van der Waals surface area contributed by atoms with Crippen molar-refractivity contribution in [2.45, 2.75) is 6.92 Å². The largest absolute Gasteiger partial charge is 0.454 e. The van der Waals surface area contributed by atoms with Crippen LogP contribution in [0.25, 0.3) is 0 Å². The number of ether oxygens (including phenoxy) is 2. The highest BCUT2D eigenvalue weighted by molar-refractivity contribution is 8.14. The fourth-order valence-electron chi connectivity index (χ4n) is 2.34. The Bertz CT molecular complexity index is 843. The number of hydrogen-bond donors (Lipinski definition) is 3. The third-order valence-electron chi connectivity index (χ3n) is 3.70. The first kappa shape index (κ1) is 17.9. The first-order valence-electron chi connectivity index (χ1n) is 7.79. The molecule has 0 atom stereocenters. The molecule has 2 aromatic rings. The SMILES string of the molecule is Cc1ccccc1NC(=O)CS/C(=N/N)N(N)c1ccc2c(c1)OCO2. The van der Waals surface area contributed by atoms with Crippen LogP contribution in [0.1, 0.15) is 5.56 Å². The lowest BCUT2D eigenvalue weighted by molar-refractivity contribution is -0.113. The summed E-state index contributed by atoms with van der Waals surface area (Å²) in [6, 6.07) is 12.8. The quantitative estimate of drug-likeness (QED) is 0.325. The Hall–Kier alpha value is -2.91. The van der Waals surface area contributed by atoms with Gasteiger partial charge in [-0.2, -0.15) is 5.10 Å². The van der Waals surface area contributed by atoms with Gasteiger partial charge in [-0.1, -0.05) is 30.0 Å². The summed E-state index contributed by atoms with van der Waals surface area (Å²) in [7, 11) is 0. The number of nitrogens with one attached hydrogen (secondary N) is 1. The van der Waals surface area contributed by atoms with Crippen LogP contribution in [0.2, 0.25) is 0 Å². The number of hydrazine groups is 1. The van der Waals surface area contributed by atoms with E-state index in [-0.39, 0.29) is 18.5 Å². The van der Waals surface area contributed by atoms with Crippen LogP contribution in [0.3, 0.4) is 0 Å². The van der Waals surface area contributed by atoms with Gasteiger partial charge in [0.25, 0.3) is 0 Å². The Labute approximate surface area is 155 Å². The number of benzene rings is 2. The highest BCUT2D eigenvalue weighted by Crippen LogP contribution is 2.35. The van der Waals surface area contributed by atoms with Gasteiger partial charge in [0.15, 0.2) is 11.5 Å². The van der Waals surface area contributed by atoms with Crippen LogP contribution in [0.4, 0.5) is 11.4 Å². The second-order valence-electron chi connectivity index (χ2n) is 5.47. The molecule has 3 rings (SSSR count). The first-order valence-corrected chi connectivity index (χ1v) is 8.77. The van der Waals surface area contributed by atoms with E-state index < -0.39 is 0 Å². The minimum absolute atomic E-state index is 0.114. The molecule has 0 fully saturated rings. The monoisotopic (exact) mass is 373 g/mol. The second-order valence-corrected chi connectivity index (χ2v) is 6.41. The lowest BCUT2D eigenvalue weighted by Crippen LogP contribution is -2.37. The van der Waals surface area contributed by atoms with E-state index in [0.717, 1.165) is 23.0 Å². The van der Waals surface area contributed by atoms with E-state index in [1.165, 1.54) is 5.01 Å². The number of nitrogens with two attached hydrogens (primary N) is 2. The maximum Gasteiger partial charge on any atom is 0.234 e. The maximum absolute atomic E-state index is 12.2. The number of thioether (sulfide) groups is 1. The molecule has 5 N–H and O–H groups in total. The van der Waals surface area contributed by atoms with Gasteiger partial charge >= 0.3 is 0 Å². The molecule has 26 heavy (non-hydrogen) atoms. The summed E-state index contributed by atoms with van der Waals surface area (Å²) in [5.41, 5.74) is 2.37. The minimum atomic E-state index is -0.176. The van der Waals surface area contributed by atoms with Crippen molar-refractivity contribution in [3.05, 3.63) is 48.0 Å². The second kappa shape index (κ2) is 7.98. The lowest BCUT2D eigenvalue weighted by atomic mass is 10.2. The average Bonchev–Trinajstić information content (AvgIpc) is 3.11. The van der Waals surface area contributed by atoms with Gasteiger partial charge in [-0.25, -0.2) is 5.84 Å². The van der Waals surface area contributed by atoms with Gasteiger partial charge in [-0.3, -0.25) is 9.80 Å². The van der Waals surface area contributed by atoms with Crippen molar-refractivity contribution >= 4 is 34.2 Å². The maximum atomic E-state index is 12.2. The standard InChI is InChI=1S/C17H19N5O3S/c1-11-4-2-3-5-13(11)20-16(23)9-26-17(21-18)22(19)12-6-7-14-15(8-12)25-10-24-14/h2-8H,9-10,18-19H2,1H3,(H,20,23)/b21-17+. The van der Waals surface area contributed by atoms with Gasteiger partial charge in [0.2, 0.25) is 17.9 Å². The van der Waals surface area contributed by atoms with Crippen LogP contribution in [0.15, 0.2) is 47.6 Å². The fraction of sp³-hybridized carbons (Fsp3) is 0.176. The number of hydrazone groups is 1. The molecule has 1 aliphatic heterocycles. The van der Waals surface area contributed by atoms with Crippen molar-refractivity contribution in [3.63, 3.8) is 0 Å². The van der Waals surface area contributed by atoms with Crippen molar-refractivity contribution in [3.8, 4) is 11.5 Å². The number of carbonyl (C=O) groups is 1. The van der Waals surface area contributed by atoms with E-state index in [1.807, 2.05) is 31.2 Å². The predicted octanol–water partition coefficient (Wildman–Crippen LogP) is 2.01. The molecule has 0 unspecified atom stereocenters. The van der Waals surface area contributed by atoms with E-state index in [4.69, 9.17) is 21.2 Å². The van der Waals surface area contributed by atoms with Gasteiger partial charge in [-0.15, -0.1) is 0 Å². The summed E-state index contributed by atoms with van der Waals surface area (Å²) in [5, 5.41) is 8.13. The Morgan fingerprint density at radius 1 is 1.27 bits per heavy atom. The molecule has 1 amide bonds. The van der Waals surface area contributed by atoms with Crippen molar-refractivity contribution in [1.29, 1.82) is 0 Å². The van der Waals surface area contributed by atoms with Gasteiger partial charge in [-0.05, 0) is 30.7 Å². The van der Waals surface area contributed by atoms with Gasteiger partial charge in [0.05, 0.1) is 11.4 Å². The number of fused-ring (bicyclic) bond motifs is 1. The van der Waals surface area contributed by atoms with Crippen LogP contribution in [-0.4, -0.2) is 23.6 Å². The molecule has 0 aromatic heterocycles. The number of carbonyl (C=O) groups excluding carboxylic acids is 1. The van der Waals surface area contributed by atoms with Crippen molar-refractivity contribution < 1.29 is 14.3 Å². The number of para-hydroxylation sites is 1. The number of rotatable bonds is 4. The summed E-state index contributed by atoms with van der Waals surface area (Å²) >= 11 is 1.13. The molecule has 0 spiro atoms. The molecule has 0 aliphatic carbocycles. The zero-order chi connectivity index (χ0) is 18.5. The predicted molar refractivity (Wildman–Crippen MR) is 103 cm³/mol. The zero-order valence-corrected chi connectivity index (χ0v) is 15.0. The number of amides is 1. The van der Waals surface area contributed by atoms with Crippen molar-refractivity contribution in [1.82, 2.24) is 0 Å². The Morgan fingerprint density at radius 3 is 2.81 bits per heavy atom. The molecule has 0 radical (unpaired) electrons. The van der Waals surface area contributed by atoms with Crippen molar-refractivity contribution in [2.24, 2.45) is 16.8 Å². The first-order chi connectivity index (χ1) is 12.6. The summed E-state index contributed by atoms with van der Waals surface area (Å²) in [6.45, 7) is 2.10. The highest BCUT2D eigenvalue weighted by atomic mass is 32.2. The normalized spacial score (nSPS) is 12.8. The summed E-state index contributed by atoms with van der Waals surface area (Å²) in [5.74, 6) is 12.7. The number of amidine groups is 1. The zero-order valence-electron chi connectivity index (χ0n) is 14.1. The smallest absolute Gasteiger partial charge is 0.234 e. The van der Waals surface area contributed by atoms with Crippen LogP contribution in [-0.2, 0) is 4.79 Å². The van der Waals surface area contributed by atoms with Gasteiger partial charge in [0.1, 0.15) is 0 Å². The minimum Gasteiger partial charge on any atom is -0.454 e. The molecule has 0 saturated heterocycles. The number of aryl methyl sites for hydroxylation is 1. The Balaban J connectivity index is 1.60. The molecular formula is C17H19N5O3S. The number of hydrogen-bond acceptors (Lipinski definition) is 7. The average molecular weight is 373 g/mol. The number of nitrogens with zero attached hydrogens (tertiary/aromatic N) is 2. The molecule has 0 bridgehead atoms. The third-order valence-corrected chi connectivity index (χ3v) is 4.67.